The normalized spacial score (nSPS) is 14.5. The summed E-state index contributed by atoms with van der Waals surface area (Å²) in [5, 5.41) is 5.29. The van der Waals surface area contributed by atoms with E-state index in [4.69, 9.17) is 4.42 Å². The van der Waals surface area contributed by atoms with Crippen molar-refractivity contribution >= 4 is 33.6 Å². The lowest BCUT2D eigenvalue weighted by atomic mass is 10.2. The second-order valence-electron chi connectivity index (χ2n) is 6.49. The molecule has 0 spiro atoms. The van der Waals surface area contributed by atoms with Crippen LogP contribution >= 0.6 is 15.9 Å². The quantitative estimate of drug-likeness (QED) is 0.729. The molecule has 3 heterocycles. The summed E-state index contributed by atoms with van der Waals surface area (Å²) in [6, 6.07) is 7.14. The molecule has 27 heavy (non-hydrogen) atoms. The Hall–Kier alpha value is -2.35. The molecule has 1 fully saturated rings. The van der Waals surface area contributed by atoms with Crippen molar-refractivity contribution in [3.8, 4) is 0 Å². The molecule has 0 bridgehead atoms. The van der Waals surface area contributed by atoms with Gasteiger partial charge in [0.1, 0.15) is 5.82 Å². The Balaban J connectivity index is 1.42. The molecule has 1 saturated heterocycles. The molecule has 144 valence electrons. The second kappa shape index (κ2) is 9.55. The number of amides is 2. The average Bonchev–Trinajstić information content (AvgIpc) is 2.94. The van der Waals surface area contributed by atoms with E-state index >= 15 is 0 Å². The Morgan fingerprint density at radius 3 is 2.48 bits per heavy atom. The number of pyridine rings is 1. The van der Waals surface area contributed by atoms with Crippen molar-refractivity contribution in [2.24, 2.45) is 0 Å². The van der Waals surface area contributed by atoms with Gasteiger partial charge in [-0.2, -0.15) is 0 Å². The Kier molecular flexibility index (Phi) is 6.86. The highest BCUT2D eigenvalue weighted by molar-refractivity contribution is 9.10. The van der Waals surface area contributed by atoms with Crippen LogP contribution in [0.3, 0.4) is 0 Å². The van der Waals surface area contributed by atoms with Crippen molar-refractivity contribution in [2.75, 3.05) is 24.5 Å². The minimum absolute atomic E-state index is 0.115. The smallest absolute Gasteiger partial charge is 0.287 e. The van der Waals surface area contributed by atoms with Crippen molar-refractivity contribution in [3.05, 3.63) is 46.5 Å². The largest absolute Gasteiger partial charge is 0.444 e. The van der Waals surface area contributed by atoms with Crippen LogP contribution < -0.4 is 15.5 Å². The number of nitrogens with one attached hydrogen (secondary N) is 2. The number of anilines is 1. The molecule has 2 aromatic rings. The topological polar surface area (TPSA) is 87.5 Å². The third-order valence-corrected chi connectivity index (χ3v) is 4.86. The van der Waals surface area contributed by atoms with E-state index in [1.807, 2.05) is 12.1 Å². The van der Waals surface area contributed by atoms with Crippen LogP contribution in [-0.4, -0.2) is 36.4 Å². The van der Waals surface area contributed by atoms with Crippen molar-refractivity contribution in [2.45, 2.75) is 32.2 Å². The third kappa shape index (κ3) is 5.82. The van der Waals surface area contributed by atoms with E-state index in [9.17, 15) is 9.59 Å². The zero-order valence-electron chi connectivity index (χ0n) is 15.0. The predicted octanol–water partition coefficient (Wildman–Crippen LogP) is 2.86. The van der Waals surface area contributed by atoms with Gasteiger partial charge in [-0.3, -0.25) is 9.59 Å². The summed E-state index contributed by atoms with van der Waals surface area (Å²) >= 11 is 3.13. The molecule has 0 radical (unpaired) electrons. The van der Waals surface area contributed by atoms with Gasteiger partial charge in [0, 0.05) is 25.8 Å². The first kappa shape index (κ1) is 19.4. The molecule has 0 aromatic carbocycles. The first-order valence-electron chi connectivity index (χ1n) is 9.12. The van der Waals surface area contributed by atoms with Crippen LogP contribution in [0, 0.1) is 0 Å². The number of halogens is 1. The number of aromatic nitrogens is 1. The van der Waals surface area contributed by atoms with Gasteiger partial charge in [0.2, 0.25) is 5.91 Å². The molecule has 7 nitrogen and oxygen atoms in total. The van der Waals surface area contributed by atoms with Crippen molar-refractivity contribution in [1.82, 2.24) is 15.6 Å². The van der Waals surface area contributed by atoms with Crippen molar-refractivity contribution in [3.63, 3.8) is 0 Å². The predicted molar refractivity (Wildman–Crippen MR) is 106 cm³/mol. The summed E-state index contributed by atoms with van der Waals surface area (Å²) in [5.41, 5.74) is 0.920. The molecular formula is C19H23BrN4O3. The molecule has 2 N–H and O–H groups in total. The van der Waals surface area contributed by atoms with Crippen LogP contribution in [-0.2, 0) is 11.3 Å². The van der Waals surface area contributed by atoms with E-state index in [0.29, 0.717) is 11.2 Å². The Labute approximate surface area is 166 Å². The Morgan fingerprint density at radius 2 is 1.85 bits per heavy atom. The van der Waals surface area contributed by atoms with E-state index in [1.165, 1.54) is 31.7 Å². The molecule has 0 atom stereocenters. The molecule has 1 aliphatic heterocycles. The molecule has 0 unspecified atom stereocenters. The number of furan rings is 1. The molecule has 1 aliphatic rings. The standard InChI is InChI=1S/C19H23BrN4O3/c20-16-7-6-15(27-16)19(26)23-13-18(25)22-12-14-5-8-17(21-11-14)24-9-3-1-2-4-10-24/h5-8,11H,1-4,9-10,12-13H2,(H,22,25)(H,23,26). The van der Waals surface area contributed by atoms with Crippen molar-refractivity contribution in [1.29, 1.82) is 0 Å². The van der Waals surface area contributed by atoms with Gasteiger partial charge in [-0.1, -0.05) is 18.9 Å². The number of carbonyl (C=O) groups is 2. The van der Waals surface area contributed by atoms with Crippen LogP contribution in [0.5, 0.6) is 0 Å². The van der Waals surface area contributed by atoms with Crippen LogP contribution in [0.15, 0.2) is 39.5 Å². The number of rotatable bonds is 6. The average molecular weight is 435 g/mol. The van der Waals surface area contributed by atoms with Gasteiger partial charge < -0.3 is 20.0 Å². The number of nitrogens with zero attached hydrogens (tertiary/aromatic N) is 2. The van der Waals surface area contributed by atoms with Crippen LogP contribution in [0.2, 0.25) is 0 Å². The lowest BCUT2D eigenvalue weighted by Gasteiger charge is -2.21. The number of hydrogen-bond donors (Lipinski definition) is 2. The maximum Gasteiger partial charge on any atom is 0.287 e. The summed E-state index contributed by atoms with van der Waals surface area (Å²) in [6.45, 7) is 2.36. The van der Waals surface area contributed by atoms with Crippen LogP contribution in [0.25, 0.3) is 0 Å². The molecule has 3 rings (SSSR count). The van der Waals surface area contributed by atoms with Gasteiger partial charge in [0.25, 0.3) is 5.91 Å². The molecule has 2 aromatic heterocycles. The van der Waals surface area contributed by atoms with Gasteiger partial charge >= 0.3 is 0 Å². The monoisotopic (exact) mass is 434 g/mol. The van der Waals surface area contributed by atoms with E-state index in [0.717, 1.165) is 24.5 Å². The van der Waals surface area contributed by atoms with E-state index in [2.05, 4.69) is 36.4 Å². The molecule has 2 amide bonds. The summed E-state index contributed by atoms with van der Waals surface area (Å²) in [5.74, 6) is 0.441. The summed E-state index contributed by atoms with van der Waals surface area (Å²) in [6.07, 6.45) is 6.78. The number of hydrogen-bond acceptors (Lipinski definition) is 5. The third-order valence-electron chi connectivity index (χ3n) is 4.44. The minimum Gasteiger partial charge on any atom is -0.444 e. The Morgan fingerprint density at radius 1 is 1.07 bits per heavy atom. The number of carbonyl (C=O) groups excluding carboxylic acids is 2. The van der Waals surface area contributed by atoms with Gasteiger partial charge in [-0.15, -0.1) is 0 Å². The molecule has 0 aliphatic carbocycles. The summed E-state index contributed by atoms with van der Waals surface area (Å²) in [7, 11) is 0. The minimum atomic E-state index is -0.431. The highest BCUT2D eigenvalue weighted by Gasteiger charge is 2.13. The fourth-order valence-corrected chi connectivity index (χ4v) is 3.26. The van der Waals surface area contributed by atoms with Gasteiger partial charge in [-0.25, -0.2) is 4.98 Å². The highest BCUT2D eigenvalue weighted by atomic mass is 79.9. The summed E-state index contributed by atoms with van der Waals surface area (Å²) in [4.78, 5) is 30.6. The lowest BCUT2D eigenvalue weighted by Crippen LogP contribution is -2.36. The van der Waals surface area contributed by atoms with Crippen LogP contribution in [0.4, 0.5) is 5.82 Å². The fraction of sp³-hybridized carbons (Fsp3) is 0.421. The second-order valence-corrected chi connectivity index (χ2v) is 7.27. The molecular weight excluding hydrogens is 412 g/mol. The lowest BCUT2D eigenvalue weighted by molar-refractivity contribution is -0.120. The van der Waals surface area contributed by atoms with Gasteiger partial charge in [-0.05, 0) is 52.5 Å². The highest BCUT2D eigenvalue weighted by Crippen LogP contribution is 2.17. The zero-order chi connectivity index (χ0) is 19.1. The van der Waals surface area contributed by atoms with Gasteiger partial charge in [0.05, 0.1) is 6.54 Å². The zero-order valence-corrected chi connectivity index (χ0v) is 16.6. The summed E-state index contributed by atoms with van der Waals surface area (Å²) < 4.78 is 5.60. The molecule has 0 saturated carbocycles. The Bertz CT molecular complexity index is 768. The van der Waals surface area contributed by atoms with Gasteiger partial charge in [0.15, 0.2) is 10.4 Å². The maximum atomic E-state index is 11.9. The first-order valence-corrected chi connectivity index (χ1v) is 9.91. The maximum absolute atomic E-state index is 11.9. The van der Waals surface area contributed by atoms with E-state index < -0.39 is 5.91 Å². The molecule has 8 heteroatoms. The van der Waals surface area contributed by atoms with E-state index in [-0.39, 0.29) is 18.2 Å². The van der Waals surface area contributed by atoms with Crippen LogP contribution in [0.1, 0.15) is 41.8 Å². The SMILES string of the molecule is O=C(CNC(=O)c1ccc(Br)o1)NCc1ccc(N2CCCCCC2)nc1. The van der Waals surface area contributed by atoms with E-state index in [1.54, 1.807) is 12.3 Å². The fourth-order valence-electron chi connectivity index (χ4n) is 2.96. The van der Waals surface area contributed by atoms with Crippen molar-refractivity contribution < 1.29 is 14.0 Å². The first-order chi connectivity index (χ1) is 13.1.